The number of aliphatic carboxylic acids is 1. The van der Waals surface area contributed by atoms with Gasteiger partial charge in [0.2, 0.25) is 0 Å². The highest BCUT2D eigenvalue weighted by atomic mass is 32.2. The van der Waals surface area contributed by atoms with Gasteiger partial charge in [-0.3, -0.25) is 0 Å². The summed E-state index contributed by atoms with van der Waals surface area (Å²) in [6.45, 7) is 5.42. The van der Waals surface area contributed by atoms with Crippen molar-refractivity contribution in [1.29, 1.82) is 0 Å². The Morgan fingerprint density at radius 3 is 2.50 bits per heavy atom. The van der Waals surface area contributed by atoms with Crippen molar-refractivity contribution in [3.63, 3.8) is 0 Å². The summed E-state index contributed by atoms with van der Waals surface area (Å²) < 4.78 is 49.9. The molecule has 1 unspecified atom stereocenters. The molecule has 32 heavy (non-hydrogen) atoms. The van der Waals surface area contributed by atoms with Crippen LogP contribution < -0.4 is 10.1 Å². The second kappa shape index (κ2) is 9.77. The summed E-state index contributed by atoms with van der Waals surface area (Å²) in [5.41, 5.74) is 1.65. The molecule has 172 valence electrons. The molecule has 0 radical (unpaired) electrons. The molecule has 0 bridgehead atoms. The third kappa shape index (κ3) is 5.70. The van der Waals surface area contributed by atoms with Crippen LogP contribution in [0.3, 0.4) is 0 Å². The molecule has 1 heterocycles. The monoisotopic (exact) mass is 467 g/mol. The fourth-order valence-electron chi connectivity index (χ4n) is 3.33. The van der Waals surface area contributed by atoms with Crippen LogP contribution in [0.5, 0.6) is 5.75 Å². The molecule has 0 fully saturated rings. The lowest BCUT2D eigenvalue weighted by Gasteiger charge is -2.18. The van der Waals surface area contributed by atoms with E-state index in [0.29, 0.717) is 17.7 Å². The zero-order chi connectivity index (χ0) is 23.5. The number of rotatable bonds is 8. The SMILES string of the molecule is CCC1=C([C@H](C)Sc2ccc(OCC(=O)O)c(C)c2)OC(c2ccc(C(F)(F)F)cc2)N1. The van der Waals surface area contributed by atoms with E-state index in [-0.39, 0.29) is 5.25 Å². The van der Waals surface area contributed by atoms with Crippen LogP contribution in [0, 0.1) is 6.92 Å². The number of alkyl halides is 3. The summed E-state index contributed by atoms with van der Waals surface area (Å²) in [5.74, 6) is 0.231. The number of carbonyl (C=O) groups is 1. The Labute approximate surface area is 188 Å². The first-order valence-corrected chi connectivity index (χ1v) is 10.9. The number of allylic oxidation sites excluding steroid dienone is 1. The van der Waals surface area contributed by atoms with E-state index in [2.05, 4.69) is 5.32 Å². The van der Waals surface area contributed by atoms with Crippen LogP contribution in [0.15, 0.2) is 58.8 Å². The van der Waals surface area contributed by atoms with Crippen molar-refractivity contribution >= 4 is 17.7 Å². The maximum absolute atomic E-state index is 12.8. The number of aryl methyl sites for hydroxylation is 1. The third-order valence-electron chi connectivity index (χ3n) is 4.92. The Bertz CT molecular complexity index is 1010. The van der Waals surface area contributed by atoms with E-state index in [1.165, 1.54) is 12.1 Å². The van der Waals surface area contributed by atoms with Gasteiger partial charge in [0.15, 0.2) is 12.8 Å². The van der Waals surface area contributed by atoms with Gasteiger partial charge in [-0.2, -0.15) is 13.2 Å². The first-order valence-electron chi connectivity index (χ1n) is 10.0. The van der Waals surface area contributed by atoms with Gasteiger partial charge in [0.1, 0.15) is 11.5 Å². The fraction of sp³-hybridized carbons (Fsp3) is 0.348. The van der Waals surface area contributed by atoms with Gasteiger partial charge in [0.05, 0.1) is 16.5 Å². The summed E-state index contributed by atoms with van der Waals surface area (Å²) in [4.78, 5) is 11.6. The molecule has 1 aliphatic rings. The van der Waals surface area contributed by atoms with Gasteiger partial charge in [-0.15, -0.1) is 11.8 Å². The Hall–Kier alpha value is -2.81. The predicted molar refractivity (Wildman–Crippen MR) is 115 cm³/mol. The number of carboxylic acids is 1. The van der Waals surface area contributed by atoms with E-state index in [0.717, 1.165) is 34.0 Å². The number of ether oxygens (including phenoxy) is 2. The number of nitrogens with one attached hydrogen (secondary N) is 1. The lowest BCUT2D eigenvalue weighted by Crippen LogP contribution is -2.15. The molecule has 0 spiro atoms. The zero-order valence-corrected chi connectivity index (χ0v) is 18.6. The topological polar surface area (TPSA) is 67.8 Å². The van der Waals surface area contributed by atoms with Gasteiger partial charge >= 0.3 is 12.1 Å². The zero-order valence-electron chi connectivity index (χ0n) is 17.8. The quantitative estimate of drug-likeness (QED) is 0.472. The Balaban J connectivity index is 1.69. The number of thioether (sulfide) groups is 1. The Morgan fingerprint density at radius 2 is 1.94 bits per heavy atom. The van der Waals surface area contributed by atoms with Crippen molar-refractivity contribution in [2.75, 3.05) is 6.61 Å². The molecular formula is C23H24F3NO4S. The summed E-state index contributed by atoms with van der Waals surface area (Å²) in [5, 5.41) is 12.0. The summed E-state index contributed by atoms with van der Waals surface area (Å²) in [7, 11) is 0. The van der Waals surface area contributed by atoms with Gasteiger partial charge in [-0.1, -0.05) is 19.1 Å². The molecule has 0 saturated heterocycles. The van der Waals surface area contributed by atoms with Crippen LogP contribution in [0.1, 0.15) is 43.2 Å². The largest absolute Gasteiger partial charge is 0.482 e. The van der Waals surface area contributed by atoms with Crippen molar-refractivity contribution in [2.45, 2.75) is 49.7 Å². The van der Waals surface area contributed by atoms with Gasteiger partial charge in [-0.05, 0) is 56.2 Å². The second-order valence-electron chi connectivity index (χ2n) is 7.33. The minimum absolute atomic E-state index is 0.0536. The van der Waals surface area contributed by atoms with Crippen LogP contribution in [-0.4, -0.2) is 22.9 Å². The lowest BCUT2D eigenvalue weighted by molar-refractivity contribution is -0.139. The Kier molecular flexibility index (Phi) is 7.28. The molecule has 5 nitrogen and oxygen atoms in total. The first-order chi connectivity index (χ1) is 15.1. The van der Waals surface area contributed by atoms with Crippen LogP contribution in [0.4, 0.5) is 13.2 Å². The van der Waals surface area contributed by atoms with Crippen LogP contribution >= 0.6 is 11.8 Å². The minimum Gasteiger partial charge on any atom is -0.482 e. The molecule has 0 aliphatic carbocycles. The smallest absolute Gasteiger partial charge is 0.416 e. The maximum atomic E-state index is 12.8. The molecule has 0 saturated carbocycles. The first kappa shape index (κ1) is 23.8. The van der Waals surface area contributed by atoms with Crippen LogP contribution in [-0.2, 0) is 15.7 Å². The number of carboxylic acid groups (broad SMARTS) is 1. The standard InChI is InChI=1S/C23H24F3NO4S/c1-4-18-21(31-22(27-18)15-5-7-16(8-6-15)23(24,25)26)14(3)32-17-9-10-19(13(2)11-17)30-12-20(28)29/h5-11,14,22,27H,4,12H2,1-3H3,(H,28,29)/t14-,22?/m0/s1. The molecule has 2 N–H and O–H groups in total. The van der Waals surface area contributed by atoms with Gasteiger partial charge in [0, 0.05) is 10.5 Å². The summed E-state index contributed by atoms with van der Waals surface area (Å²) in [6, 6.07) is 10.5. The van der Waals surface area contributed by atoms with Crippen molar-refractivity contribution < 1.29 is 32.5 Å². The Morgan fingerprint density at radius 1 is 1.25 bits per heavy atom. The van der Waals surface area contributed by atoms with E-state index < -0.39 is 30.5 Å². The summed E-state index contributed by atoms with van der Waals surface area (Å²) in [6.07, 6.45) is -4.23. The normalized spacial score (nSPS) is 17.0. The summed E-state index contributed by atoms with van der Waals surface area (Å²) >= 11 is 1.57. The predicted octanol–water partition coefficient (Wildman–Crippen LogP) is 5.90. The molecule has 3 rings (SSSR count). The lowest BCUT2D eigenvalue weighted by atomic mass is 10.1. The number of hydrogen-bond acceptors (Lipinski definition) is 5. The van der Waals surface area contributed by atoms with Crippen LogP contribution in [0.2, 0.25) is 0 Å². The fourth-order valence-corrected chi connectivity index (χ4v) is 4.43. The second-order valence-corrected chi connectivity index (χ2v) is 8.74. The number of halogens is 3. The number of benzene rings is 2. The number of hydrogen-bond donors (Lipinski definition) is 2. The van der Waals surface area contributed by atoms with Crippen molar-refractivity contribution in [1.82, 2.24) is 5.32 Å². The van der Waals surface area contributed by atoms with Crippen molar-refractivity contribution in [3.05, 3.63) is 70.6 Å². The van der Waals surface area contributed by atoms with Gasteiger partial charge < -0.3 is 19.9 Å². The molecule has 1 aliphatic heterocycles. The maximum Gasteiger partial charge on any atom is 0.416 e. The van der Waals surface area contributed by atoms with Crippen LogP contribution in [0.25, 0.3) is 0 Å². The highest BCUT2D eigenvalue weighted by Gasteiger charge is 2.32. The van der Waals surface area contributed by atoms with E-state index in [4.69, 9.17) is 14.6 Å². The molecule has 0 aromatic heterocycles. The average Bonchev–Trinajstić information content (AvgIpc) is 3.17. The molecule has 2 aromatic carbocycles. The van der Waals surface area contributed by atoms with Crippen molar-refractivity contribution in [3.8, 4) is 5.75 Å². The van der Waals surface area contributed by atoms with E-state index in [1.54, 1.807) is 17.8 Å². The minimum atomic E-state index is -4.38. The van der Waals surface area contributed by atoms with Gasteiger partial charge in [-0.25, -0.2) is 4.79 Å². The molecule has 0 amide bonds. The van der Waals surface area contributed by atoms with Crippen molar-refractivity contribution in [2.24, 2.45) is 0 Å². The third-order valence-corrected chi connectivity index (χ3v) is 6.02. The molecule has 2 aromatic rings. The molecule has 2 atom stereocenters. The molecule has 9 heteroatoms. The highest BCUT2D eigenvalue weighted by molar-refractivity contribution is 8.00. The van der Waals surface area contributed by atoms with Gasteiger partial charge in [0.25, 0.3) is 0 Å². The van der Waals surface area contributed by atoms with E-state index in [1.807, 2.05) is 32.9 Å². The highest BCUT2D eigenvalue weighted by Crippen LogP contribution is 2.38. The van der Waals surface area contributed by atoms with E-state index >= 15 is 0 Å². The average molecular weight is 468 g/mol. The molecular weight excluding hydrogens is 443 g/mol. The van der Waals surface area contributed by atoms with E-state index in [9.17, 15) is 18.0 Å².